The van der Waals surface area contributed by atoms with Crippen LogP contribution in [-0.4, -0.2) is 50.9 Å². The van der Waals surface area contributed by atoms with Gasteiger partial charge in [0.05, 0.1) is 17.2 Å². The van der Waals surface area contributed by atoms with Crippen molar-refractivity contribution in [1.29, 1.82) is 0 Å². The molecule has 0 heterocycles. The Bertz CT molecular complexity index is 1450. The van der Waals surface area contributed by atoms with Gasteiger partial charge in [0.25, 0.3) is 10.0 Å². The van der Waals surface area contributed by atoms with Gasteiger partial charge < -0.3 is 15.0 Å². The number of nitrogens with one attached hydrogen (secondary N) is 1. The summed E-state index contributed by atoms with van der Waals surface area (Å²) in [7, 11) is -4.22. The van der Waals surface area contributed by atoms with E-state index in [0.717, 1.165) is 9.87 Å². The third-order valence-corrected chi connectivity index (χ3v) is 8.56. The molecule has 40 heavy (non-hydrogen) atoms. The number of anilines is 1. The van der Waals surface area contributed by atoms with Crippen molar-refractivity contribution in [2.75, 3.05) is 24.0 Å². The van der Waals surface area contributed by atoms with Gasteiger partial charge >= 0.3 is 0 Å². The van der Waals surface area contributed by atoms with Crippen LogP contribution < -0.4 is 14.4 Å². The van der Waals surface area contributed by atoms with E-state index in [-0.39, 0.29) is 23.0 Å². The number of para-hydroxylation sites is 2. The molecule has 0 fully saturated rings. The lowest BCUT2D eigenvalue weighted by molar-refractivity contribution is -0.139. The zero-order chi connectivity index (χ0) is 29.4. The highest BCUT2D eigenvalue weighted by molar-refractivity contribution is 7.92. The van der Waals surface area contributed by atoms with Crippen LogP contribution in [0.1, 0.15) is 31.9 Å². The summed E-state index contributed by atoms with van der Waals surface area (Å²) in [5, 5.41) is 3.46. The Morgan fingerprint density at radius 1 is 1.00 bits per heavy atom. The van der Waals surface area contributed by atoms with E-state index in [4.69, 9.17) is 27.9 Å². The summed E-state index contributed by atoms with van der Waals surface area (Å²) in [6.07, 6.45) is 0. The Kier molecular flexibility index (Phi) is 10.8. The second kappa shape index (κ2) is 13.9. The molecular formula is C29H33Cl2N3O5S. The molecule has 1 N–H and O–H groups in total. The van der Waals surface area contributed by atoms with Crippen molar-refractivity contribution in [3.05, 3.63) is 87.9 Å². The average molecular weight is 607 g/mol. The fourth-order valence-corrected chi connectivity index (χ4v) is 5.92. The monoisotopic (exact) mass is 605 g/mol. The first-order chi connectivity index (χ1) is 19.0. The third-order valence-electron chi connectivity index (χ3n) is 6.20. The number of hydrogen-bond acceptors (Lipinski definition) is 5. The van der Waals surface area contributed by atoms with E-state index < -0.39 is 28.5 Å². The van der Waals surface area contributed by atoms with E-state index in [1.54, 1.807) is 75.4 Å². The number of hydrogen-bond donors (Lipinski definition) is 1. The minimum atomic E-state index is -4.22. The van der Waals surface area contributed by atoms with Crippen molar-refractivity contribution in [3.63, 3.8) is 0 Å². The van der Waals surface area contributed by atoms with Gasteiger partial charge in [0.1, 0.15) is 18.3 Å². The van der Waals surface area contributed by atoms with E-state index in [0.29, 0.717) is 34.5 Å². The molecule has 0 spiro atoms. The molecule has 3 aromatic carbocycles. The van der Waals surface area contributed by atoms with Gasteiger partial charge in [-0.05, 0) is 69.7 Å². The summed E-state index contributed by atoms with van der Waals surface area (Å²) >= 11 is 12.5. The number of sulfonamides is 1. The van der Waals surface area contributed by atoms with Crippen molar-refractivity contribution in [2.45, 2.75) is 45.2 Å². The topological polar surface area (TPSA) is 96.0 Å². The van der Waals surface area contributed by atoms with Gasteiger partial charge in [-0.15, -0.1) is 0 Å². The quantitative estimate of drug-likeness (QED) is 0.296. The first-order valence-corrected chi connectivity index (χ1v) is 15.0. The van der Waals surface area contributed by atoms with Crippen molar-refractivity contribution in [1.82, 2.24) is 10.2 Å². The second-order valence-corrected chi connectivity index (χ2v) is 11.8. The van der Waals surface area contributed by atoms with E-state index in [2.05, 4.69) is 5.32 Å². The molecule has 3 rings (SSSR count). The highest BCUT2D eigenvalue weighted by atomic mass is 35.5. The van der Waals surface area contributed by atoms with Crippen LogP contribution in [0.4, 0.5) is 5.69 Å². The molecular weight excluding hydrogens is 573 g/mol. The number of nitrogens with zero attached hydrogens (tertiary/aromatic N) is 2. The van der Waals surface area contributed by atoms with E-state index in [1.165, 1.54) is 17.0 Å². The third kappa shape index (κ3) is 7.47. The van der Waals surface area contributed by atoms with Crippen LogP contribution in [0.15, 0.2) is 71.6 Å². The smallest absolute Gasteiger partial charge is 0.264 e. The van der Waals surface area contributed by atoms with Gasteiger partial charge in [0, 0.05) is 23.1 Å². The molecule has 0 aliphatic rings. The molecule has 11 heteroatoms. The summed E-state index contributed by atoms with van der Waals surface area (Å²) in [4.78, 5) is 28.2. The van der Waals surface area contributed by atoms with Crippen LogP contribution in [0, 0.1) is 6.92 Å². The molecule has 214 valence electrons. The molecule has 0 bridgehead atoms. The molecule has 0 saturated carbocycles. The first-order valence-electron chi connectivity index (χ1n) is 12.8. The van der Waals surface area contributed by atoms with Crippen molar-refractivity contribution in [2.24, 2.45) is 0 Å². The largest absolute Gasteiger partial charge is 0.492 e. The van der Waals surface area contributed by atoms with E-state index >= 15 is 0 Å². The number of carbonyl (C=O) groups is 2. The zero-order valence-corrected chi connectivity index (χ0v) is 25.2. The Morgan fingerprint density at radius 2 is 1.68 bits per heavy atom. The number of carbonyl (C=O) groups excluding carboxylic acids is 2. The number of rotatable bonds is 12. The molecule has 0 aliphatic carbocycles. The standard InChI is InChI=1S/C29H33Cl2N3O5S/c1-5-32-29(36)21(4)33(18-22-13-14-23(30)17-25(22)31)28(35)19-34(26-9-7-8-10-27(26)39-6-2)40(37,38)24-15-11-20(3)12-16-24/h7-17,21H,5-6,18-19H2,1-4H3,(H,32,36)/t21-/m0/s1. The summed E-state index contributed by atoms with van der Waals surface area (Å²) in [5.74, 6) is -0.687. The molecule has 0 radical (unpaired) electrons. The van der Waals surface area contributed by atoms with Crippen molar-refractivity contribution in [3.8, 4) is 5.75 Å². The molecule has 8 nitrogen and oxygen atoms in total. The van der Waals surface area contributed by atoms with E-state index in [9.17, 15) is 18.0 Å². The fourth-order valence-electron chi connectivity index (χ4n) is 4.03. The summed E-state index contributed by atoms with van der Waals surface area (Å²) in [6, 6.07) is 16.9. The van der Waals surface area contributed by atoms with Gasteiger partial charge in [-0.3, -0.25) is 13.9 Å². The lowest BCUT2D eigenvalue weighted by atomic mass is 10.1. The molecule has 0 saturated heterocycles. The van der Waals surface area contributed by atoms with Gasteiger partial charge in [0.2, 0.25) is 11.8 Å². The number of benzene rings is 3. The Morgan fingerprint density at radius 3 is 2.30 bits per heavy atom. The van der Waals surface area contributed by atoms with Crippen LogP contribution in [-0.2, 0) is 26.2 Å². The minimum Gasteiger partial charge on any atom is -0.492 e. The normalized spacial score (nSPS) is 11.9. The minimum absolute atomic E-state index is 0.0151. The van der Waals surface area contributed by atoms with Crippen LogP contribution in [0.25, 0.3) is 0 Å². The fraction of sp³-hybridized carbons (Fsp3) is 0.310. The highest BCUT2D eigenvalue weighted by Gasteiger charge is 2.34. The summed E-state index contributed by atoms with van der Waals surface area (Å²) in [6.45, 7) is 7.01. The Labute approximate surface area is 245 Å². The lowest BCUT2D eigenvalue weighted by Crippen LogP contribution is -2.51. The predicted octanol–water partition coefficient (Wildman–Crippen LogP) is 5.45. The molecule has 1 atom stereocenters. The van der Waals surface area contributed by atoms with Crippen LogP contribution in [0.3, 0.4) is 0 Å². The number of ether oxygens (including phenoxy) is 1. The SMILES string of the molecule is CCNC(=O)[C@H](C)N(Cc1ccc(Cl)cc1Cl)C(=O)CN(c1ccccc1OCC)S(=O)(=O)c1ccc(C)cc1. The maximum atomic E-state index is 14.0. The highest BCUT2D eigenvalue weighted by Crippen LogP contribution is 2.33. The van der Waals surface area contributed by atoms with Crippen LogP contribution >= 0.6 is 23.2 Å². The predicted molar refractivity (Wildman–Crippen MR) is 158 cm³/mol. The van der Waals surface area contributed by atoms with Gasteiger partial charge in [-0.1, -0.05) is 59.1 Å². The van der Waals surface area contributed by atoms with E-state index in [1.807, 2.05) is 6.92 Å². The lowest BCUT2D eigenvalue weighted by Gasteiger charge is -2.32. The van der Waals surface area contributed by atoms with Gasteiger partial charge in [-0.25, -0.2) is 8.42 Å². The van der Waals surface area contributed by atoms with Crippen LogP contribution in [0.2, 0.25) is 10.0 Å². The molecule has 2 amide bonds. The van der Waals surface area contributed by atoms with Crippen LogP contribution in [0.5, 0.6) is 5.75 Å². The Balaban J connectivity index is 2.10. The first kappa shape index (κ1) is 31.3. The molecule has 3 aromatic rings. The molecule has 0 aromatic heterocycles. The maximum absolute atomic E-state index is 14.0. The number of amides is 2. The van der Waals surface area contributed by atoms with Gasteiger partial charge in [-0.2, -0.15) is 0 Å². The molecule has 0 aliphatic heterocycles. The van der Waals surface area contributed by atoms with Gasteiger partial charge in [0.15, 0.2) is 0 Å². The average Bonchev–Trinajstić information content (AvgIpc) is 2.92. The zero-order valence-electron chi connectivity index (χ0n) is 22.9. The number of likely N-dealkylation sites (N-methyl/N-ethyl adjacent to an activating group) is 1. The molecule has 0 unspecified atom stereocenters. The summed E-state index contributed by atoms with van der Waals surface area (Å²) < 4.78 is 34.7. The number of halogens is 2. The Hall–Kier alpha value is -3.27. The van der Waals surface area contributed by atoms with Crippen molar-refractivity contribution < 1.29 is 22.7 Å². The number of aryl methyl sites for hydroxylation is 1. The second-order valence-electron chi connectivity index (χ2n) is 9.05. The summed E-state index contributed by atoms with van der Waals surface area (Å²) in [5.41, 5.74) is 1.64. The van der Waals surface area contributed by atoms with Crippen molar-refractivity contribution >= 4 is 50.7 Å². The maximum Gasteiger partial charge on any atom is 0.264 e.